The van der Waals surface area contributed by atoms with Crippen LogP contribution in [0, 0.1) is 0 Å². The maximum Gasteiger partial charge on any atom is 0.246 e. The average molecular weight is 322 g/mol. The number of rotatable bonds is 3. The van der Waals surface area contributed by atoms with E-state index >= 15 is 0 Å². The number of H-pyrrole nitrogens is 1. The molecule has 118 valence electrons. The number of carbonyl (C=O) groups excluding carboxylic acids is 1. The molecule has 2 aromatic heterocycles. The minimum absolute atomic E-state index is 0. The molecule has 1 amide bonds. The molecule has 0 bridgehead atoms. The summed E-state index contributed by atoms with van der Waals surface area (Å²) in [6.07, 6.45) is 6.75. The molecule has 1 saturated heterocycles. The van der Waals surface area contributed by atoms with Gasteiger partial charge in [-0.15, -0.1) is 12.4 Å². The number of carbonyl (C=O) groups is 1. The van der Waals surface area contributed by atoms with Gasteiger partial charge in [0, 0.05) is 24.8 Å². The monoisotopic (exact) mass is 321 g/mol. The summed E-state index contributed by atoms with van der Waals surface area (Å²) in [6.45, 7) is 6.32. The number of halogens is 1. The highest BCUT2D eigenvalue weighted by atomic mass is 35.5. The van der Waals surface area contributed by atoms with Crippen LogP contribution in [0.25, 0.3) is 11.0 Å². The van der Waals surface area contributed by atoms with Crippen LogP contribution >= 0.6 is 12.4 Å². The second kappa shape index (κ2) is 6.79. The van der Waals surface area contributed by atoms with Crippen LogP contribution in [0.1, 0.15) is 19.8 Å². The number of hydrogen-bond donors (Lipinski definition) is 2. The summed E-state index contributed by atoms with van der Waals surface area (Å²) < 4.78 is 0. The Morgan fingerprint density at radius 1 is 1.50 bits per heavy atom. The summed E-state index contributed by atoms with van der Waals surface area (Å²) in [5.74, 6) is 0.801. The molecule has 6 nitrogen and oxygen atoms in total. The molecule has 0 unspecified atom stereocenters. The van der Waals surface area contributed by atoms with Gasteiger partial charge in [-0.2, -0.15) is 0 Å². The summed E-state index contributed by atoms with van der Waals surface area (Å²) in [6, 6.07) is 2.40. The molecule has 0 aliphatic carbocycles. The zero-order valence-electron chi connectivity index (χ0n) is 12.5. The Morgan fingerprint density at radius 3 is 3.09 bits per heavy atom. The third-order valence-electron chi connectivity index (χ3n) is 4.03. The Kier molecular flexibility index (Phi) is 5.03. The first kappa shape index (κ1) is 16.3. The van der Waals surface area contributed by atoms with Gasteiger partial charge < -0.3 is 15.2 Å². The van der Waals surface area contributed by atoms with E-state index in [9.17, 15) is 4.79 Å². The fourth-order valence-corrected chi connectivity index (χ4v) is 2.83. The second-order valence-corrected chi connectivity index (χ2v) is 5.42. The van der Waals surface area contributed by atoms with Gasteiger partial charge in [-0.3, -0.25) is 4.79 Å². The largest absolute Gasteiger partial charge is 0.365 e. The number of aromatic amines is 1. The zero-order chi connectivity index (χ0) is 14.8. The van der Waals surface area contributed by atoms with E-state index in [-0.39, 0.29) is 30.4 Å². The molecule has 7 heteroatoms. The summed E-state index contributed by atoms with van der Waals surface area (Å²) in [5, 5.41) is 4.41. The Hall–Kier alpha value is -2.08. The lowest BCUT2D eigenvalue weighted by Crippen LogP contribution is -2.49. The highest BCUT2D eigenvalue weighted by Gasteiger charge is 2.28. The van der Waals surface area contributed by atoms with Gasteiger partial charge in [0.1, 0.15) is 17.8 Å². The maximum absolute atomic E-state index is 11.9. The quantitative estimate of drug-likeness (QED) is 0.851. The van der Waals surface area contributed by atoms with Gasteiger partial charge in [-0.05, 0) is 31.9 Å². The normalized spacial score (nSPS) is 21.2. The molecule has 0 radical (unpaired) electrons. The number of anilines is 1. The van der Waals surface area contributed by atoms with E-state index in [4.69, 9.17) is 0 Å². The third kappa shape index (κ3) is 3.06. The van der Waals surface area contributed by atoms with E-state index in [0.29, 0.717) is 6.54 Å². The van der Waals surface area contributed by atoms with Crippen molar-refractivity contribution in [3.63, 3.8) is 0 Å². The molecule has 0 spiro atoms. The van der Waals surface area contributed by atoms with Gasteiger partial charge in [-0.1, -0.05) is 6.58 Å². The van der Waals surface area contributed by atoms with Gasteiger partial charge in [0.2, 0.25) is 5.91 Å². The fraction of sp³-hybridized carbons (Fsp3) is 0.400. The number of nitrogens with zero attached hydrogens (tertiary/aromatic N) is 3. The van der Waals surface area contributed by atoms with E-state index in [1.54, 1.807) is 6.33 Å². The topological polar surface area (TPSA) is 73.9 Å². The first-order valence-electron chi connectivity index (χ1n) is 7.16. The van der Waals surface area contributed by atoms with Gasteiger partial charge in [0.05, 0.1) is 5.39 Å². The van der Waals surface area contributed by atoms with Gasteiger partial charge in [-0.25, -0.2) is 9.97 Å². The van der Waals surface area contributed by atoms with E-state index in [0.717, 1.165) is 29.7 Å². The van der Waals surface area contributed by atoms with Crippen LogP contribution in [0.5, 0.6) is 0 Å². The molecule has 22 heavy (non-hydrogen) atoms. The molecule has 0 aromatic carbocycles. The first-order chi connectivity index (χ1) is 10.2. The van der Waals surface area contributed by atoms with Crippen LogP contribution < -0.4 is 5.32 Å². The van der Waals surface area contributed by atoms with Crippen molar-refractivity contribution < 1.29 is 4.79 Å². The van der Waals surface area contributed by atoms with Crippen molar-refractivity contribution in [3.8, 4) is 0 Å². The molecule has 2 N–H and O–H groups in total. The number of piperidine rings is 1. The number of amides is 1. The lowest BCUT2D eigenvalue weighted by Gasteiger charge is -2.38. The van der Waals surface area contributed by atoms with Crippen LogP contribution in [0.15, 0.2) is 31.2 Å². The molecule has 0 saturated carbocycles. The Labute approximate surface area is 135 Å². The van der Waals surface area contributed by atoms with Crippen molar-refractivity contribution in [2.45, 2.75) is 31.8 Å². The molecule has 1 aliphatic heterocycles. The van der Waals surface area contributed by atoms with Crippen molar-refractivity contribution in [3.05, 3.63) is 31.2 Å². The van der Waals surface area contributed by atoms with Crippen LogP contribution in [0.4, 0.5) is 5.82 Å². The Balaban J connectivity index is 0.00000176. The van der Waals surface area contributed by atoms with Gasteiger partial charge in [0.15, 0.2) is 0 Å². The first-order valence-corrected chi connectivity index (χ1v) is 7.16. The van der Waals surface area contributed by atoms with Gasteiger partial charge in [0.25, 0.3) is 0 Å². The summed E-state index contributed by atoms with van der Waals surface area (Å²) in [5.41, 5.74) is 0.815. The Bertz CT molecular complexity index is 671. The van der Waals surface area contributed by atoms with Crippen molar-refractivity contribution in [1.29, 1.82) is 0 Å². The minimum Gasteiger partial charge on any atom is -0.365 e. The van der Waals surface area contributed by atoms with Crippen molar-refractivity contribution in [1.82, 2.24) is 19.9 Å². The van der Waals surface area contributed by atoms with Crippen molar-refractivity contribution >= 4 is 35.2 Å². The minimum atomic E-state index is -0.0107. The van der Waals surface area contributed by atoms with E-state index in [2.05, 4.69) is 33.8 Å². The van der Waals surface area contributed by atoms with Gasteiger partial charge >= 0.3 is 0 Å². The lowest BCUT2D eigenvalue weighted by molar-refractivity contribution is -0.129. The number of likely N-dealkylation sites (tertiary alicyclic amines) is 1. The third-order valence-corrected chi connectivity index (χ3v) is 4.03. The molecule has 2 aromatic rings. The van der Waals surface area contributed by atoms with E-state index in [1.165, 1.54) is 6.08 Å². The van der Waals surface area contributed by atoms with Crippen molar-refractivity contribution in [2.75, 3.05) is 11.9 Å². The predicted molar refractivity (Wildman–Crippen MR) is 89.2 cm³/mol. The molecule has 1 fully saturated rings. The smallest absolute Gasteiger partial charge is 0.246 e. The SMILES string of the molecule is C=CC(=O)N1C[C@H](Nc2ncnc3[nH]ccc23)CC[C@@H]1C.Cl. The summed E-state index contributed by atoms with van der Waals surface area (Å²) in [7, 11) is 0. The highest BCUT2D eigenvalue weighted by Crippen LogP contribution is 2.23. The van der Waals surface area contributed by atoms with Crippen LogP contribution in [-0.4, -0.2) is 44.4 Å². The van der Waals surface area contributed by atoms with Crippen LogP contribution in [0.3, 0.4) is 0 Å². The number of hydrogen-bond acceptors (Lipinski definition) is 4. The fourth-order valence-electron chi connectivity index (χ4n) is 2.83. The molecular formula is C15H20ClN5O. The number of fused-ring (bicyclic) bond motifs is 1. The summed E-state index contributed by atoms with van der Waals surface area (Å²) in [4.78, 5) is 25.3. The lowest BCUT2D eigenvalue weighted by atomic mass is 9.99. The number of aromatic nitrogens is 3. The Morgan fingerprint density at radius 2 is 2.32 bits per heavy atom. The highest BCUT2D eigenvalue weighted by molar-refractivity contribution is 5.88. The predicted octanol–water partition coefficient (Wildman–Crippen LogP) is 2.36. The zero-order valence-corrected chi connectivity index (χ0v) is 13.3. The molecule has 3 heterocycles. The molecule has 1 aliphatic rings. The number of nitrogens with one attached hydrogen (secondary N) is 2. The summed E-state index contributed by atoms with van der Waals surface area (Å²) >= 11 is 0. The standard InChI is InChI=1S/C15H19N5O.ClH/c1-3-13(21)20-8-11(5-4-10(20)2)19-15-12-6-7-16-14(12)17-9-18-15;/h3,6-7,9-11H,1,4-5,8H2,2H3,(H2,16,17,18,19);1H/t10-,11+;/m0./s1. The van der Waals surface area contributed by atoms with Crippen LogP contribution in [0.2, 0.25) is 0 Å². The second-order valence-electron chi connectivity index (χ2n) is 5.42. The van der Waals surface area contributed by atoms with E-state index < -0.39 is 0 Å². The maximum atomic E-state index is 11.9. The molecular weight excluding hydrogens is 302 g/mol. The molecule has 3 rings (SSSR count). The van der Waals surface area contributed by atoms with Crippen LogP contribution in [-0.2, 0) is 4.79 Å². The molecule has 2 atom stereocenters. The van der Waals surface area contributed by atoms with E-state index in [1.807, 2.05) is 17.2 Å². The average Bonchev–Trinajstić information content (AvgIpc) is 2.98. The van der Waals surface area contributed by atoms with Crippen molar-refractivity contribution in [2.24, 2.45) is 0 Å².